The van der Waals surface area contributed by atoms with Gasteiger partial charge in [0, 0.05) is 18.1 Å². The van der Waals surface area contributed by atoms with E-state index in [2.05, 4.69) is 15.4 Å². The Balaban J connectivity index is 2.08. The van der Waals surface area contributed by atoms with Crippen LogP contribution in [0, 0.1) is 0 Å². The molecule has 118 valence electrons. The number of hydrogen-bond donors (Lipinski definition) is 1. The van der Waals surface area contributed by atoms with Crippen molar-refractivity contribution in [3.63, 3.8) is 0 Å². The van der Waals surface area contributed by atoms with Gasteiger partial charge >= 0.3 is 0 Å². The van der Waals surface area contributed by atoms with Crippen LogP contribution in [0.1, 0.15) is 0 Å². The largest absolute Gasteiger partial charge is 0.497 e. The van der Waals surface area contributed by atoms with E-state index >= 15 is 0 Å². The van der Waals surface area contributed by atoms with Crippen LogP contribution in [0.4, 0.5) is 17.5 Å². The zero-order valence-corrected chi connectivity index (χ0v) is 13.3. The van der Waals surface area contributed by atoms with E-state index in [1.54, 1.807) is 7.11 Å². The van der Waals surface area contributed by atoms with Crippen molar-refractivity contribution in [2.75, 3.05) is 31.6 Å². The Morgan fingerprint density at radius 3 is 2.39 bits per heavy atom. The molecule has 0 unspecified atom stereocenters. The lowest BCUT2D eigenvalue weighted by Crippen LogP contribution is -2.14. The van der Waals surface area contributed by atoms with Gasteiger partial charge in [0.1, 0.15) is 11.6 Å². The van der Waals surface area contributed by atoms with Crippen molar-refractivity contribution >= 4 is 28.4 Å². The molecule has 2 aromatic carbocycles. The summed E-state index contributed by atoms with van der Waals surface area (Å²) in [6, 6.07) is 15.7. The minimum atomic E-state index is 0.418. The summed E-state index contributed by atoms with van der Waals surface area (Å²) in [6.07, 6.45) is 0. The summed E-state index contributed by atoms with van der Waals surface area (Å²) in [6.45, 7) is 0. The van der Waals surface area contributed by atoms with E-state index in [9.17, 15) is 0 Å². The maximum absolute atomic E-state index is 5.21. The normalized spacial score (nSPS) is 10.6. The quantitative estimate of drug-likeness (QED) is 0.729. The van der Waals surface area contributed by atoms with Crippen LogP contribution in [0.15, 0.2) is 48.5 Å². The van der Waals surface area contributed by atoms with Gasteiger partial charge in [0.05, 0.1) is 19.7 Å². The lowest BCUT2D eigenvalue weighted by molar-refractivity contribution is 0.267. The van der Waals surface area contributed by atoms with E-state index < -0.39 is 0 Å². The molecule has 6 nitrogen and oxygen atoms in total. The minimum absolute atomic E-state index is 0.418. The van der Waals surface area contributed by atoms with Crippen molar-refractivity contribution in [2.45, 2.75) is 0 Å². The van der Waals surface area contributed by atoms with E-state index in [-0.39, 0.29) is 0 Å². The summed E-state index contributed by atoms with van der Waals surface area (Å²) in [7, 11) is 5.15. The van der Waals surface area contributed by atoms with E-state index in [4.69, 9.17) is 9.57 Å². The average molecular weight is 310 g/mol. The highest BCUT2D eigenvalue weighted by Gasteiger charge is 2.13. The van der Waals surface area contributed by atoms with Crippen LogP contribution in [-0.2, 0) is 4.84 Å². The highest BCUT2D eigenvalue weighted by Crippen LogP contribution is 2.30. The Kier molecular flexibility index (Phi) is 4.25. The summed E-state index contributed by atoms with van der Waals surface area (Å²) in [5.74, 6) is 2.03. The second-order valence-corrected chi connectivity index (χ2v) is 4.95. The van der Waals surface area contributed by atoms with Gasteiger partial charge in [-0.2, -0.15) is 4.98 Å². The van der Waals surface area contributed by atoms with Crippen LogP contribution in [-0.4, -0.2) is 31.2 Å². The van der Waals surface area contributed by atoms with Gasteiger partial charge in [-0.05, 0) is 36.4 Å². The first-order valence-electron chi connectivity index (χ1n) is 7.16. The standard InChI is InChI=1S/C17H18N4O2/c1-21(12-8-10-13(22-2)11-9-12)16-14-6-4-5-7-15(14)18-17(19-16)20-23-3/h4-11H,1-3H3,(H,18,19,20). The zero-order chi connectivity index (χ0) is 16.2. The van der Waals surface area contributed by atoms with Crippen molar-refractivity contribution in [1.29, 1.82) is 0 Å². The predicted octanol–water partition coefficient (Wildman–Crippen LogP) is 3.38. The van der Waals surface area contributed by atoms with Crippen molar-refractivity contribution in [1.82, 2.24) is 9.97 Å². The second kappa shape index (κ2) is 6.50. The van der Waals surface area contributed by atoms with E-state index in [1.807, 2.05) is 60.5 Å². The molecule has 0 fully saturated rings. The number of anilines is 3. The molecule has 1 aromatic heterocycles. The molecule has 3 aromatic rings. The summed E-state index contributed by atoms with van der Waals surface area (Å²) in [5, 5.41) is 0.965. The van der Waals surface area contributed by atoms with Gasteiger partial charge < -0.3 is 9.64 Å². The first-order valence-corrected chi connectivity index (χ1v) is 7.16. The lowest BCUT2D eigenvalue weighted by atomic mass is 10.2. The summed E-state index contributed by atoms with van der Waals surface area (Å²) in [4.78, 5) is 15.9. The second-order valence-electron chi connectivity index (χ2n) is 4.95. The van der Waals surface area contributed by atoms with Crippen molar-refractivity contribution in [3.8, 4) is 5.75 Å². The molecule has 0 saturated carbocycles. The molecule has 0 saturated heterocycles. The van der Waals surface area contributed by atoms with E-state index in [0.717, 1.165) is 28.2 Å². The van der Waals surface area contributed by atoms with Gasteiger partial charge in [-0.25, -0.2) is 10.5 Å². The SMILES string of the molecule is CONc1nc(N(C)c2ccc(OC)cc2)c2ccccc2n1. The highest BCUT2D eigenvalue weighted by molar-refractivity contribution is 5.92. The Hall–Kier alpha value is -2.86. The number of benzene rings is 2. The molecule has 0 aliphatic heterocycles. The van der Waals surface area contributed by atoms with Crippen LogP contribution < -0.4 is 15.1 Å². The highest BCUT2D eigenvalue weighted by atomic mass is 16.6. The Labute approximate surface area is 134 Å². The van der Waals surface area contributed by atoms with Crippen molar-refractivity contribution in [3.05, 3.63) is 48.5 Å². The molecule has 1 N–H and O–H groups in total. The number of ether oxygens (including phenoxy) is 1. The smallest absolute Gasteiger partial charge is 0.249 e. The van der Waals surface area contributed by atoms with Gasteiger partial charge in [-0.1, -0.05) is 12.1 Å². The van der Waals surface area contributed by atoms with E-state index in [1.165, 1.54) is 7.11 Å². The van der Waals surface area contributed by atoms with Gasteiger partial charge in [0.15, 0.2) is 0 Å². The molecule has 23 heavy (non-hydrogen) atoms. The number of methoxy groups -OCH3 is 1. The third-order valence-corrected chi connectivity index (χ3v) is 3.55. The number of nitrogens with zero attached hydrogens (tertiary/aromatic N) is 3. The third-order valence-electron chi connectivity index (χ3n) is 3.55. The Morgan fingerprint density at radius 2 is 1.70 bits per heavy atom. The fourth-order valence-electron chi connectivity index (χ4n) is 2.38. The molecule has 0 atom stereocenters. The lowest BCUT2D eigenvalue weighted by Gasteiger charge is -2.21. The Morgan fingerprint density at radius 1 is 0.957 bits per heavy atom. The maximum Gasteiger partial charge on any atom is 0.249 e. The maximum atomic E-state index is 5.21. The van der Waals surface area contributed by atoms with Crippen molar-refractivity contribution < 1.29 is 9.57 Å². The van der Waals surface area contributed by atoms with Crippen LogP contribution in [0.25, 0.3) is 10.9 Å². The zero-order valence-electron chi connectivity index (χ0n) is 13.3. The number of aromatic nitrogens is 2. The molecule has 0 aliphatic carbocycles. The molecule has 1 heterocycles. The molecular formula is C17H18N4O2. The van der Waals surface area contributed by atoms with E-state index in [0.29, 0.717) is 5.95 Å². The van der Waals surface area contributed by atoms with Gasteiger partial charge in [-0.3, -0.25) is 4.84 Å². The molecule has 0 amide bonds. The molecule has 0 spiro atoms. The van der Waals surface area contributed by atoms with Gasteiger partial charge in [0.25, 0.3) is 0 Å². The molecule has 3 rings (SSSR count). The summed E-state index contributed by atoms with van der Waals surface area (Å²) >= 11 is 0. The number of nitrogens with one attached hydrogen (secondary N) is 1. The van der Waals surface area contributed by atoms with Crippen LogP contribution in [0.2, 0.25) is 0 Å². The number of fused-ring (bicyclic) bond motifs is 1. The minimum Gasteiger partial charge on any atom is -0.497 e. The Bertz CT molecular complexity index is 805. The van der Waals surface area contributed by atoms with Crippen LogP contribution in [0.3, 0.4) is 0 Å². The third kappa shape index (κ3) is 3.02. The first-order chi connectivity index (χ1) is 11.2. The molecule has 0 bridgehead atoms. The van der Waals surface area contributed by atoms with Crippen LogP contribution >= 0.6 is 0 Å². The molecule has 6 heteroatoms. The fourth-order valence-corrected chi connectivity index (χ4v) is 2.38. The predicted molar refractivity (Wildman–Crippen MR) is 91.2 cm³/mol. The fraction of sp³-hybridized carbons (Fsp3) is 0.176. The first kappa shape index (κ1) is 15.1. The molecule has 0 aliphatic rings. The summed E-state index contributed by atoms with van der Waals surface area (Å²) in [5.41, 5.74) is 4.54. The monoisotopic (exact) mass is 310 g/mol. The molecular weight excluding hydrogens is 292 g/mol. The topological polar surface area (TPSA) is 59.5 Å². The summed E-state index contributed by atoms with van der Waals surface area (Å²) < 4.78 is 5.21. The average Bonchev–Trinajstić information content (AvgIpc) is 2.61. The number of para-hydroxylation sites is 1. The van der Waals surface area contributed by atoms with Crippen molar-refractivity contribution in [2.24, 2.45) is 0 Å². The number of rotatable bonds is 5. The van der Waals surface area contributed by atoms with Gasteiger partial charge in [0.2, 0.25) is 5.95 Å². The molecule has 0 radical (unpaired) electrons. The van der Waals surface area contributed by atoms with Gasteiger partial charge in [-0.15, -0.1) is 0 Å². The number of hydrogen-bond acceptors (Lipinski definition) is 6. The van der Waals surface area contributed by atoms with Crippen LogP contribution in [0.5, 0.6) is 5.75 Å².